The number of ketones is 1. The van der Waals surface area contributed by atoms with E-state index in [0.717, 1.165) is 19.3 Å². The second-order valence-electron chi connectivity index (χ2n) is 4.96. The van der Waals surface area contributed by atoms with Crippen LogP contribution >= 0.6 is 0 Å². The summed E-state index contributed by atoms with van der Waals surface area (Å²) in [6, 6.07) is 1.28. The Balaban J connectivity index is 2.32. The second kappa shape index (κ2) is 5.42. The topological polar surface area (TPSA) is 72.3 Å². The molecule has 0 amide bonds. The minimum absolute atomic E-state index is 0.0251. The van der Waals surface area contributed by atoms with Crippen LogP contribution in [0.3, 0.4) is 0 Å². The predicted octanol–water partition coefficient (Wildman–Crippen LogP) is 0.942. The molecule has 19 heavy (non-hydrogen) atoms. The molecule has 1 fully saturated rings. The van der Waals surface area contributed by atoms with Crippen molar-refractivity contribution in [3.63, 3.8) is 0 Å². The Morgan fingerprint density at radius 2 is 2.21 bits per heavy atom. The monoisotopic (exact) mass is 285 g/mol. The fourth-order valence-corrected chi connectivity index (χ4v) is 4.36. The van der Waals surface area contributed by atoms with E-state index in [1.54, 1.807) is 7.05 Å². The Morgan fingerprint density at radius 1 is 1.47 bits per heavy atom. The number of nitrogens with zero attached hydrogens (tertiary/aromatic N) is 3. The number of sulfonamides is 1. The lowest BCUT2D eigenvalue weighted by atomic mass is 10.0. The maximum absolute atomic E-state index is 12.6. The van der Waals surface area contributed by atoms with Gasteiger partial charge >= 0.3 is 0 Å². The molecule has 1 aliphatic rings. The number of hydrogen-bond acceptors (Lipinski definition) is 4. The lowest BCUT2D eigenvalue weighted by Gasteiger charge is -2.34. The third kappa shape index (κ3) is 2.87. The fraction of sp³-hybridized carbons (Fsp3) is 0.667. The normalized spacial score (nSPS) is 21.5. The van der Waals surface area contributed by atoms with Gasteiger partial charge < -0.3 is 0 Å². The van der Waals surface area contributed by atoms with Gasteiger partial charge in [-0.25, -0.2) is 8.42 Å². The summed E-state index contributed by atoms with van der Waals surface area (Å²) in [6.07, 6.45) is 4.31. The first kappa shape index (κ1) is 14.2. The molecule has 6 nitrogen and oxygen atoms in total. The number of carbonyl (C=O) groups excluding carboxylic acids is 1. The zero-order chi connectivity index (χ0) is 14.0. The summed E-state index contributed by atoms with van der Waals surface area (Å²) < 4.78 is 28.1. The van der Waals surface area contributed by atoms with Gasteiger partial charge in [-0.1, -0.05) is 6.42 Å². The number of piperidine rings is 1. The molecule has 1 unspecified atom stereocenters. The molecule has 1 aromatic rings. The van der Waals surface area contributed by atoms with Crippen molar-refractivity contribution in [2.24, 2.45) is 7.05 Å². The number of rotatable bonds is 4. The molecule has 0 aliphatic carbocycles. The predicted molar refractivity (Wildman–Crippen MR) is 70.0 cm³/mol. The SMILES string of the molecule is CC(=O)CC1CCCCN1S(=O)(=O)c1ccnn1C. The highest BCUT2D eigenvalue weighted by molar-refractivity contribution is 7.89. The quantitative estimate of drug-likeness (QED) is 0.825. The molecule has 7 heteroatoms. The van der Waals surface area contributed by atoms with Crippen molar-refractivity contribution in [1.82, 2.24) is 14.1 Å². The van der Waals surface area contributed by atoms with Crippen LogP contribution in [0.1, 0.15) is 32.6 Å². The van der Waals surface area contributed by atoms with Gasteiger partial charge in [-0.05, 0) is 25.8 Å². The van der Waals surface area contributed by atoms with Crippen molar-refractivity contribution in [1.29, 1.82) is 0 Å². The van der Waals surface area contributed by atoms with Gasteiger partial charge in [0.05, 0.1) is 6.20 Å². The Labute approximate surface area is 113 Å². The van der Waals surface area contributed by atoms with Crippen LogP contribution in [0.15, 0.2) is 17.3 Å². The van der Waals surface area contributed by atoms with Gasteiger partial charge in [-0.15, -0.1) is 0 Å². The van der Waals surface area contributed by atoms with E-state index in [0.29, 0.717) is 6.54 Å². The summed E-state index contributed by atoms with van der Waals surface area (Å²) in [6.45, 7) is 1.98. The van der Waals surface area contributed by atoms with E-state index in [1.807, 2.05) is 0 Å². The lowest BCUT2D eigenvalue weighted by Crippen LogP contribution is -2.44. The third-order valence-corrected chi connectivity index (χ3v) is 5.47. The average Bonchev–Trinajstić information content (AvgIpc) is 2.76. The van der Waals surface area contributed by atoms with Crippen LogP contribution in [0.25, 0.3) is 0 Å². The highest BCUT2D eigenvalue weighted by Gasteiger charge is 2.35. The molecule has 0 N–H and O–H groups in total. The minimum atomic E-state index is -3.56. The maximum atomic E-state index is 12.6. The average molecular weight is 285 g/mol. The van der Waals surface area contributed by atoms with E-state index in [1.165, 1.54) is 28.2 Å². The maximum Gasteiger partial charge on any atom is 0.260 e. The van der Waals surface area contributed by atoms with Crippen molar-refractivity contribution in [3.05, 3.63) is 12.3 Å². The van der Waals surface area contributed by atoms with Crippen molar-refractivity contribution in [2.75, 3.05) is 6.54 Å². The smallest absolute Gasteiger partial charge is 0.260 e. The molecule has 2 rings (SSSR count). The van der Waals surface area contributed by atoms with Gasteiger partial charge in [0.1, 0.15) is 5.78 Å². The molecular weight excluding hydrogens is 266 g/mol. The molecule has 0 saturated carbocycles. The van der Waals surface area contributed by atoms with E-state index >= 15 is 0 Å². The second-order valence-corrected chi connectivity index (χ2v) is 6.80. The van der Waals surface area contributed by atoms with Crippen molar-refractivity contribution in [2.45, 2.75) is 43.7 Å². The van der Waals surface area contributed by atoms with Crippen molar-refractivity contribution < 1.29 is 13.2 Å². The number of aryl methyl sites for hydroxylation is 1. The number of Topliss-reactive ketones (excluding diaryl/α,β-unsaturated/α-hetero) is 1. The molecule has 106 valence electrons. The number of hydrogen-bond donors (Lipinski definition) is 0. The van der Waals surface area contributed by atoms with Crippen LogP contribution in [0.4, 0.5) is 0 Å². The summed E-state index contributed by atoms with van der Waals surface area (Å²) in [5.74, 6) is 0.0251. The molecule has 1 saturated heterocycles. The summed E-state index contributed by atoms with van der Waals surface area (Å²) in [5, 5.41) is 4.09. The van der Waals surface area contributed by atoms with Gasteiger partial charge in [0.2, 0.25) is 0 Å². The third-order valence-electron chi connectivity index (χ3n) is 3.45. The highest BCUT2D eigenvalue weighted by atomic mass is 32.2. The molecule has 0 aromatic carbocycles. The van der Waals surface area contributed by atoms with E-state index in [-0.39, 0.29) is 23.3 Å². The Morgan fingerprint density at radius 3 is 2.79 bits per heavy atom. The van der Waals surface area contributed by atoms with E-state index in [4.69, 9.17) is 0 Å². The first-order chi connectivity index (χ1) is 8.93. The Kier molecular flexibility index (Phi) is 4.05. The van der Waals surface area contributed by atoms with Crippen LogP contribution in [-0.4, -0.2) is 40.9 Å². The standard InChI is InChI=1S/C12H19N3O3S/c1-10(16)9-11-5-3-4-8-15(11)19(17,18)12-6-7-13-14(12)2/h6-7,11H,3-5,8-9H2,1-2H3. The van der Waals surface area contributed by atoms with E-state index < -0.39 is 10.0 Å². The van der Waals surface area contributed by atoms with Crippen LogP contribution in [-0.2, 0) is 21.9 Å². The summed E-state index contributed by atoms with van der Waals surface area (Å²) in [4.78, 5) is 11.3. The minimum Gasteiger partial charge on any atom is -0.300 e. The number of aromatic nitrogens is 2. The van der Waals surface area contributed by atoms with Gasteiger partial charge in [-0.2, -0.15) is 9.40 Å². The molecule has 2 heterocycles. The van der Waals surface area contributed by atoms with Gasteiger partial charge in [0.25, 0.3) is 10.0 Å². The van der Waals surface area contributed by atoms with E-state index in [9.17, 15) is 13.2 Å². The Bertz CT molecular complexity index is 565. The molecule has 1 aromatic heterocycles. The van der Waals surface area contributed by atoms with Crippen LogP contribution in [0.2, 0.25) is 0 Å². The molecule has 1 aliphatic heterocycles. The molecule has 0 spiro atoms. The highest BCUT2D eigenvalue weighted by Crippen LogP contribution is 2.26. The van der Waals surface area contributed by atoms with Gasteiger partial charge in [0, 0.05) is 26.1 Å². The van der Waals surface area contributed by atoms with Gasteiger partial charge in [0.15, 0.2) is 5.03 Å². The summed E-state index contributed by atoms with van der Waals surface area (Å²) >= 11 is 0. The zero-order valence-electron chi connectivity index (χ0n) is 11.2. The Hall–Kier alpha value is -1.21. The van der Waals surface area contributed by atoms with Crippen LogP contribution < -0.4 is 0 Å². The molecule has 1 atom stereocenters. The summed E-state index contributed by atoms with van der Waals surface area (Å²) in [7, 11) is -1.95. The van der Waals surface area contributed by atoms with Gasteiger partial charge in [-0.3, -0.25) is 9.48 Å². The largest absolute Gasteiger partial charge is 0.300 e. The van der Waals surface area contributed by atoms with Crippen LogP contribution in [0, 0.1) is 0 Å². The molecule has 0 bridgehead atoms. The lowest BCUT2D eigenvalue weighted by molar-refractivity contribution is -0.118. The molecular formula is C12H19N3O3S. The first-order valence-electron chi connectivity index (χ1n) is 6.42. The zero-order valence-corrected chi connectivity index (χ0v) is 12.1. The van der Waals surface area contributed by atoms with Crippen LogP contribution in [0.5, 0.6) is 0 Å². The molecule has 0 radical (unpaired) electrons. The van der Waals surface area contributed by atoms with E-state index in [2.05, 4.69) is 5.10 Å². The fourth-order valence-electron chi connectivity index (χ4n) is 2.56. The number of carbonyl (C=O) groups is 1. The van der Waals surface area contributed by atoms with Crippen molar-refractivity contribution in [3.8, 4) is 0 Å². The van der Waals surface area contributed by atoms with Crippen molar-refractivity contribution >= 4 is 15.8 Å². The first-order valence-corrected chi connectivity index (χ1v) is 7.86. The summed E-state index contributed by atoms with van der Waals surface area (Å²) in [5.41, 5.74) is 0.